The van der Waals surface area contributed by atoms with Crippen molar-refractivity contribution in [3.8, 4) is 11.5 Å². The zero-order valence-electron chi connectivity index (χ0n) is 17.8. The van der Waals surface area contributed by atoms with Crippen molar-refractivity contribution in [3.63, 3.8) is 0 Å². The zero-order chi connectivity index (χ0) is 22.7. The second-order valence-corrected chi connectivity index (χ2v) is 7.99. The van der Waals surface area contributed by atoms with Crippen LogP contribution in [0.2, 0.25) is 5.02 Å². The number of amides is 2. The minimum atomic E-state index is -0.635. The number of fused-ring (bicyclic) bond motifs is 1. The molecule has 1 aliphatic heterocycles. The van der Waals surface area contributed by atoms with Gasteiger partial charge in [-0.15, -0.1) is 0 Å². The number of aryl methyl sites for hydroxylation is 1. The molecular weight excluding hydrogens is 428 g/mol. The summed E-state index contributed by atoms with van der Waals surface area (Å²) in [6.07, 6.45) is -0.635. The number of anilines is 2. The molecule has 164 valence electrons. The predicted octanol–water partition coefficient (Wildman–Crippen LogP) is 5.09. The fourth-order valence-corrected chi connectivity index (χ4v) is 3.61. The Labute approximate surface area is 191 Å². The summed E-state index contributed by atoms with van der Waals surface area (Å²) in [6.45, 7) is 4.43. The smallest absolute Gasteiger partial charge is 0.267 e. The van der Waals surface area contributed by atoms with Crippen LogP contribution in [0, 0.1) is 6.92 Å². The first kappa shape index (κ1) is 21.7. The van der Waals surface area contributed by atoms with Crippen LogP contribution in [0.1, 0.15) is 22.8 Å². The van der Waals surface area contributed by atoms with Crippen molar-refractivity contribution in [2.75, 3.05) is 23.4 Å². The fraction of sp³-hybridized carbons (Fsp3) is 0.200. The number of ether oxygens (including phenoxy) is 2. The van der Waals surface area contributed by atoms with Crippen LogP contribution in [-0.2, 0) is 4.79 Å². The second-order valence-electron chi connectivity index (χ2n) is 7.56. The van der Waals surface area contributed by atoms with Crippen molar-refractivity contribution in [1.82, 2.24) is 0 Å². The van der Waals surface area contributed by atoms with Crippen molar-refractivity contribution in [2.45, 2.75) is 20.0 Å². The highest BCUT2D eigenvalue weighted by atomic mass is 35.5. The summed E-state index contributed by atoms with van der Waals surface area (Å²) in [7, 11) is 0. The number of nitrogens with zero attached hydrogens (tertiary/aromatic N) is 1. The fourth-order valence-electron chi connectivity index (χ4n) is 3.48. The van der Waals surface area contributed by atoms with Gasteiger partial charge in [-0.2, -0.15) is 0 Å². The number of carbonyl (C=O) groups is 2. The minimum Gasteiger partial charge on any atom is -0.492 e. The Hall–Kier alpha value is -3.51. The quantitative estimate of drug-likeness (QED) is 0.567. The molecule has 1 aliphatic rings. The van der Waals surface area contributed by atoms with Gasteiger partial charge in [0.1, 0.15) is 18.1 Å². The largest absolute Gasteiger partial charge is 0.492 e. The van der Waals surface area contributed by atoms with Crippen LogP contribution in [0.25, 0.3) is 0 Å². The Morgan fingerprint density at radius 2 is 1.91 bits per heavy atom. The van der Waals surface area contributed by atoms with Crippen LogP contribution in [0.3, 0.4) is 0 Å². The van der Waals surface area contributed by atoms with E-state index in [0.717, 1.165) is 11.3 Å². The number of halogens is 1. The molecule has 0 saturated carbocycles. The molecule has 0 fully saturated rings. The monoisotopic (exact) mass is 450 g/mol. The topological polar surface area (TPSA) is 67.9 Å². The molecule has 0 aromatic heterocycles. The minimum absolute atomic E-state index is 0.136. The van der Waals surface area contributed by atoms with Gasteiger partial charge in [0, 0.05) is 22.3 Å². The summed E-state index contributed by atoms with van der Waals surface area (Å²) in [4.78, 5) is 26.9. The van der Waals surface area contributed by atoms with Gasteiger partial charge >= 0.3 is 0 Å². The summed E-state index contributed by atoms with van der Waals surface area (Å²) in [5.74, 6) is 0.897. The van der Waals surface area contributed by atoms with Crippen LogP contribution >= 0.6 is 11.6 Å². The van der Waals surface area contributed by atoms with E-state index >= 15 is 0 Å². The standard InChI is InChI=1S/C25H23ClN2O4/c1-16-4-3-5-21(14-16)31-13-12-28-22-11-10-20(15-23(22)32-17(2)25(28)30)27-24(29)18-6-8-19(26)9-7-18/h3-11,14-15,17H,12-13H2,1-2H3,(H,27,29). The molecule has 3 aromatic carbocycles. The molecule has 1 unspecified atom stereocenters. The molecule has 3 aromatic rings. The van der Waals surface area contributed by atoms with E-state index in [1.807, 2.05) is 31.2 Å². The third kappa shape index (κ3) is 4.86. The van der Waals surface area contributed by atoms with Crippen LogP contribution in [0.5, 0.6) is 11.5 Å². The third-order valence-electron chi connectivity index (χ3n) is 5.11. The van der Waals surface area contributed by atoms with Crippen molar-refractivity contribution in [1.29, 1.82) is 0 Å². The molecule has 1 N–H and O–H groups in total. The summed E-state index contributed by atoms with van der Waals surface area (Å²) in [6, 6.07) is 19.6. The van der Waals surface area contributed by atoms with Crippen LogP contribution in [0.15, 0.2) is 66.7 Å². The van der Waals surface area contributed by atoms with Crippen molar-refractivity contribution >= 4 is 34.8 Å². The van der Waals surface area contributed by atoms with Gasteiger partial charge in [0.2, 0.25) is 0 Å². The van der Waals surface area contributed by atoms with Gasteiger partial charge in [0.25, 0.3) is 11.8 Å². The number of hydrogen-bond acceptors (Lipinski definition) is 4. The lowest BCUT2D eigenvalue weighted by Crippen LogP contribution is -2.46. The maximum atomic E-state index is 12.7. The van der Waals surface area contributed by atoms with Gasteiger partial charge in [0.05, 0.1) is 12.2 Å². The van der Waals surface area contributed by atoms with Crippen LogP contribution < -0.4 is 19.7 Å². The summed E-state index contributed by atoms with van der Waals surface area (Å²) < 4.78 is 11.6. The van der Waals surface area contributed by atoms with Gasteiger partial charge in [-0.05, 0) is 67.9 Å². The summed E-state index contributed by atoms with van der Waals surface area (Å²) in [5.41, 5.74) is 2.82. The molecule has 1 atom stereocenters. The molecule has 1 heterocycles. The molecule has 2 amide bonds. The van der Waals surface area contributed by atoms with Crippen molar-refractivity contribution < 1.29 is 19.1 Å². The lowest BCUT2D eigenvalue weighted by atomic mass is 10.1. The Morgan fingerprint density at radius 1 is 1.12 bits per heavy atom. The van der Waals surface area contributed by atoms with Gasteiger partial charge < -0.3 is 19.7 Å². The van der Waals surface area contributed by atoms with E-state index in [9.17, 15) is 9.59 Å². The molecule has 6 nitrogen and oxygen atoms in total. The lowest BCUT2D eigenvalue weighted by Gasteiger charge is -2.33. The molecule has 7 heteroatoms. The van der Waals surface area contributed by atoms with E-state index in [-0.39, 0.29) is 11.8 Å². The van der Waals surface area contributed by atoms with Gasteiger partial charge in [-0.3, -0.25) is 9.59 Å². The van der Waals surface area contributed by atoms with Crippen LogP contribution in [0.4, 0.5) is 11.4 Å². The molecule has 32 heavy (non-hydrogen) atoms. The number of benzene rings is 3. The van der Waals surface area contributed by atoms with E-state index in [1.165, 1.54) is 0 Å². The second kappa shape index (κ2) is 9.32. The Balaban J connectivity index is 1.47. The SMILES string of the molecule is Cc1cccc(OCCN2C(=O)C(C)Oc3cc(NC(=O)c4ccc(Cl)cc4)ccc32)c1. The van der Waals surface area contributed by atoms with Gasteiger partial charge in [-0.1, -0.05) is 23.7 Å². The van der Waals surface area contributed by atoms with Crippen LogP contribution in [-0.4, -0.2) is 31.1 Å². The van der Waals surface area contributed by atoms with E-state index in [1.54, 1.807) is 54.3 Å². The zero-order valence-corrected chi connectivity index (χ0v) is 18.6. The Bertz CT molecular complexity index is 1150. The molecule has 0 bridgehead atoms. The maximum absolute atomic E-state index is 12.7. The van der Waals surface area contributed by atoms with E-state index in [0.29, 0.717) is 40.9 Å². The first-order valence-corrected chi connectivity index (χ1v) is 10.7. The average Bonchev–Trinajstić information content (AvgIpc) is 2.77. The molecule has 0 aliphatic carbocycles. The first-order chi connectivity index (χ1) is 15.4. The molecule has 4 rings (SSSR count). The Kier molecular flexibility index (Phi) is 6.32. The third-order valence-corrected chi connectivity index (χ3v) is 5.36. The number of carbonyl (C=O) groups excluding carboxylic acids is 2. The highest BCUT2D eigenvalue weighted by Gasteiger charge is 2.31. The highest BCUT2D eigenvalue weighted by molar-refractivity contribution is 6.30. The maximum Gasteiger partial charge on any atom is 0.267 e. The highest BCUT2D eigenvalue weighted by Crippen LogP contribution is 2.36. The average molecular weight is 451 g/mol. The normalized spacial score (nSPS) is 15.0. The van der Waals surface area contributed by atoms with E-state index < -0.39 is 6.10 Å². The number of rotatable bonds is 6. The Morgan fingerprint density at radius 3 is 2.66 bits per heavy atom. The number of hydrogen-bond donors (Lipinski definition) is 1. The molecular formula is C25H23ClN2O4. The predicted molar refractivity (Wildman–Crippen MR) is 125 cm³/mol. The molecule has 0 saturated heterocycles. The van der Waals surface area contributed by atoms with Crippen molar-refractivity contribution in [2.24, 2.45) is 0 Å². The first-order valence-electron chi connectivity index (χ1n) is 10.3. The number of nitrogens with one attached hydrogen (secondary N) is 1. The van der Waals surface area contributed by atoms with E-state index in [2.05, 4.69) is 5.32 Å². The summed E-state index contributed by atoms with van der Waals surface area (Å²) >= 11 is 5.88. The molecule has 0 radical (unpaired) electrons. The van der Waals surface area contributed by atoms with Gasteiger partial charge in [0.15, 0.2) is 6.10 Å². The summed E-state index contributed by atoms with van der Waals surface area (Å²) in [5, 5.41) is 3.41. The van der Waals surface area contributed by atoms with Crippen molar-refractivity contribution in [3.05, 3.63) is 82.9 Å². The van der Waals surface area contributed by atoms with E-state index in [4.69, 9.17) is 21.1 Å². The van der Waals surface area contributed by atoms with Gasteiger partial charge in [-0.25, -0.2) is 0 Å². The molecule has 0 spiro atoms. The lowest BCUT2D eigenvalue weighted by molar-refractivity contribution is -0.125.